The summed E-state index contributed by atoms with van der Waals surface area (Å²) in [5.41, 5.74) is 5.76. The summed E-state index contributed by atoms with van der Waals surface area (Å²) >= 11 is 0. The molecule has 0 aliphatic carbocycles. The van der Waals surface area contributed by atoms with Gasteiger partial charge in [0.1, 0.15) is 5.69 Å². The molecule has 0 saturated heterocycles. The Hall–Kier alpha value is -3.34. The molecule has 1 aromatic heterocycles. The molecule has 0 unspecified atom stereocenters. The predicted octanol–water partition coefficient (Wildman–Crippen LogP) is 4.41. The zero-order valence-corrected chi connectivity index (χ0v) is 16.3. The molecule has 0 atom stereocenters. The average Bonchev–Trinajstić information content (AvgIpc) is 3.01. The van der Waals surface area contributed by atoms with Crippen LogP contribution in [0.5, 0.6) is 0 Å². The summed E-state index contributed by atoms with van der Waals surface area (Å²) in [6, 6.07) is 17.2. The second-order valence-corrected chi connectivity index (χ2v) is 6.59. The monoisotopic (exact) mass is 376 g/mol. The number of hydrogen-bond donors (Lipinski definition) is 2. The molecule has 1 amide bonds. The van der Waals surface area contributed by atoms with E-state index in [1.54, 1.807) is 19.1 Å². The van der Waals surface area contributed by atoms with Crippen LogP contribution in [0.3, 0.4) is 0 Å². The Morgan fingerprint density at radius 2 is 1.68 bits per heavy atom. The Labute approximate surface area is 164 Å². The van der Waals surface area contributed by atoms with E-state index in [1.807, 2.05) is 56.3 Å². The van der Waals surface area contributed by atoms with E-state index in [0.29, 0.717) is 24.4 Å². The number of aromatic amines is 1. The lowest BCUT2D eigenvalue weighted by Crippen LogP contribution is -2.22. The molecule has 0 radical (unpaired) electrons. The van der Waals surface area contributed by atoms with Crippen LogP contribution in [0, 0.1) is 13.8 Å². The first-order valence-electron chi connectivity index (χ1n) is 9.30. The molecule has 1 heterocycles. The maximum atomic E-state index is 12.4. The number of nitrogens with one attached hydrogen (secondary N) is 2. The smallest absolute Gasteiger partial charge is 0.355 e. The summed E-state index contributed by atoms with van der Waals surface area (Å²) in [5.74, 6) is -0.476. The van der Waals surface area contributed by atoms with E-state index < -0.39 is 0 Å². The third-order valence-corrected chi connectivity index (χ3v) is 4.65. The number of esters is 1. The van der Waals surface area contributed by atoms with Crippen LogP contribution >= 0.6 is 0 Å². The summed E-state index contributed by atoms with van der Waals surface area (Å²) in [6.07, 6.45) is 0. The lowest BCUT2D eigenvalue weighted by Gasteiger charge is -2.07. The van der Waals surface area contributed by atoms with Gasteiger partial charge in [-0.05, 0) is 49.6 Å². The van der Waals surface area contributed by atoms with Gasteiger partial charge >= 0.3 is 5.97 Å². The van der Waals surface area contributed by atoms with Crippen molar-refractivity contribution in [3.8, 4) is 11.1 Å². The number of hydrogen-bond acceptors (Lipinski definition) is 3. The number of H-pyrrole nitrogens is 1. The maximum absolute atomic E-state index is 12.4. The molecule has 0 spiro atoms. The average molecular weight is 376 g/mol. The third kappa shape index (κ3) is 4.14. The topological polar surface area (TPSA) is 71.2 Å². The molecular formula is C23H24N2O3. The third-order valence-electron chi connectivity index (χ3n) is 4.65. The number of ether oxygens (including phenoxy) is 1. The van der Waals surface area contributed by atoms with Crippen molar-refractivity contribution in [1.29, 1.82) is 0 Å². The number of carbonyl (C=O) groups excluding carboxylic acids is 2. The Bertz CT molecular complexity index is 973. The quantitative estimate of drug-likeness (QED) is 0.626. The Morgan fingerprint density at radius 3 is 2.32 bits per heavy atom. The van der Waals surface area contributed by atoms with Crippen molar-refractivity contribution < 1.29 is 14.3 Å². The first-order chi connectivity index (χ1) is 13.5. The molecule has 0 saturated carbocycles. The fraction of sp³-hybridized carbons (Fsp3) is 0.217. The highest BCUT2D eigenvalue weighted by molar-refractivity contribution is 5.95. The second kappa shape index (κ2) is 8.57. The minimum atomic E-state index is -0.355. The highest BCUT2D eigenvalue weighted by atomic mass is 16.5. The summed E-state index contributed by atoms with van der Waals surface area (Å²) < 4.78 is 5.10. The van der Waals surface area contributed by atoms with Gasteiger partial charge in [0.25, 0.3) is 5.91 Å². The number of carbonyl (C=O) groups is 2. The highest BCUT2D eigenvalue weighted by Crippen LogP contribution is 2.30. The lowest BCUT2D eigenvalue weighted by molar-refractivity contribution is 0.0519. The first kappa shape index (κ1) is 19.4. The maximum Gasteiger partial charge on any atom is 0.355 e. The van der Waals surface area contributed by atoms with Gasteiger partial charge in [-0.25, -0.2) is 4.79 Å². The van der Waals surface area contributed by atoms with Crippen molar-refractivity contribution in [3.05, 3.63) is 82.7 Å². The molecule has 0 aliphatic heterocycles. The van der Waals surface area contributed by atoms with Crippen molar-refractivity contribution in [2.45, 2.75) is 27.3 Å². The molecule has 5 nitrogen and oxygen atoms in total. The molecular weight excluding hydrogens is 352 g/mol. The molecule has 3 aromatic rings. The second-order valence-electron chi connectivity index (χ2n) is 6.59. The van der Waals surface area contributed by atoms with Gasteiger partial charge in [0.2, 0.25) is 0 Å². The van der Waals surface area contributed by atoms with Crippen molar-refractivity contribution in [1.82, 2.24) is 10.3 Å². The van der Waals surface area contributed by atoms with Crippen LogP contribution in [0.1, 0.15) is 44.6 Å². The molecule has 5 heteroatoms. The normalized spacial score (nSPS) is 10.5. The van der Waals surface area contributed by atoms with E-state index in [-0.39, 0.29) is 11.9 Å². The van der Waals surface area contributed by atoms with E-state index >= 15 is 0 Å². The van der Waals surface area contributed by atoms with Gasteiger partial charge in [0.15, 0.2) is 0 Å². The SMILES string of the molecule is CCOC(=O)c1[nH]c(C)c(-c2ccc(C(=O)NCc3ccccc3)cc2)c1C. The lowest BCUT2D eigenvalue weighted by atomic mass is 10.00. The van der Waals surface area contributed by atoms with Crippen LogP contribution in [-0.4, -0.2) is 23.5 Å². The molecule has 144 valence electrons. The minimum absolute atomic E-state index is 0.120. The Morgan fingerprint density at radius 1 is 1.00 bits per heavy atom. The van der Waals surface area contributed by atoms with Crippen LogP contribution in [0.4, 0.5) is 0 Å². The van der Waals surface area contributed by atoms with E-state index in [9.17, 15) is 9.59 Å². The molecule has 0 fully saturated rings. The van der Waals surface area contributed by atoms with Crippen LogP contribution < -0.4 is 5.32 Å². The summed E-state index contributed by atoms with van der Waals surface area (Å²) in [5, 5.41) is 2.92. The number of amides is 1. The van der Waals surface area contributed by atoms with Crippen LogP contribution in [-0.2, 0) is 11.3 Å². The number of aryl methyl sites for hydroxylation is 1. The van der Waals surface area contributed by atoms with Gasteiger partial charge in [0, 0.05) is 23.4 Å². The first-order valence-corrected chi connectivity index (χ1v) is 9.30. The van der Waals surface area contributed by atoms with E-state index in [0.717, 1.165) is 27.9 Å². The zero-order valence-electron chi connectivity index (χ0n) is 16.3. The molecule has 0 bridgehead atoms. The van der Waals surface area contributed by atoms with E-state index in [1.165, 1.54) is 0 Å². The summed E-state index contributed by atoms with van der Waals surface area (Å²) in [6.45, 7) is 6.42. The number of benzene rings is 2. The Kier molecular flexibility index (Phi) is 5.94. The Balaban J connectivity index is 1.75. The molecule has 2 aromatic carbocycles. The molecule has 3 rings (SSSR count). The largest absolute Gasteiger partial charge is 0.461 e. The fourth-order valence-electron chi connectivity index (χ4n) is 3.26. The van der Waals surface area contributed by atoms with E-state index in [2.05, 4.69) is 10.3 Å². The van der Waals surface area contributed by atoms with Crippen molar-refractivity contribution in [2.24, 2.45) is 0 Å². The zero-order chi connectivity index (χ0) is 20.1. The molecule has 0 aliphatic rings. The van der Waals surface area contributed by atoms with Gasteiger partial charge < -0.3 is 15.0 Å². The fourth-order valence-corrected chi connectivity index (χ4v) is 3.26. The van der Waals surface area contributed by atoms with Crippen molar-refractivity contribution in [2.75, 3.05) is 6.61 Å². The van der Waals surface area contributed by atoms with Crippen LogP contribution in [0.15, 0.2) is 54.6 Å². The van der Waals surface area contributed by atoms with Crippen molar-refractivity contribution >= 4 is 11.9 Å². The highest BCUT2D eigenvalue weighted by Gasteiger charge is 2.19. The van der Waals surface area contributed by atoms with Gasteiger partial charge in [-0.1, -0.05) is 42.5 Å². The van der Waals surface area contributed by atoms with Crippen LogP contribution in [0.2, 0.25) is 0 Å². The summed E-state index contributed by atoms with van der Waals surface area (Å²) in [7, 11) is 0. The minimum Gasteiger partial charge on any atom is -0.461 e. The summed E-state index contributed by atoms with van der Waals surface area (Å²) in [4.78, 5) is 27.6. The van der Waals surface area contributed by atoms with E-state index in [4.69, 9.17) is 4.74 Å². The van der Waals surface area contributed by atoms with Crippen LogP contribution in [0.25, 0.3) is 11.1 Å². The van der Waals surface area contributed by atoms with Gasteiger partial charge in [0.05, 0.1) is 6.61 Å². The number of rotatable bonds is 6. The van der Waals surface area contributed by atoms with Gasteiger partial charge in [-0.15, -0.1) is 0 Å². The molecule has 28 heavy (non-hydrogen) atoms. The van der Waals surface area contributed by atoms with Gasteiger partial charge in [-0.2, -0.15) is 0 Å². The standard InChI is InChI=1S/C23H24N2O3/c1-4-28-23(27)21-15(2)20(16(3)25-21)18-10-12-19(13-11-18)22(26)24-14-17-8-6-5-7-9-17/h5-13,25H,4,14H2,1-3H3,(H,24,26). The number of aromatic nitrogens is 1. The van der Waals surface area contributed by atoms with Crippen molar-refractivity contribution in [3.63, 3.8) is 0 Å². The predicted molar refractivity (Wildman–Crippen MR) is 109 cm³/mol. The molecule has 2 N–H and O–H groups in total. The van der Waals surface area contributed by atoms with Gasteiger partial charge in [-0.3, -0.25) is 4.79 Å².